The van der Waals surface area contributed by atoms with E-state index in [1.807, 2.05) is 34.2 Å². The molecule has 3 heterocycles. The fourth-order valence-corrected chi connectivity index (χ4v) is 4.04. The van der Waals surface area contributed by atoms with Gasteiger partial charge >= 0.3 is 6.03 Å². The van der Waals surface area contributed by atoms with E-state index in [-0.39, 0.29) is 11.9 Å². The summed E-state index contributed by atoms with van der Waals surface area (Å²) in [4.78, 5) is 31.8. The first-order valence-corrected chi connectivity index (χ1v) is 9.91. The van der Waals surface area contributed by atoms with E-state index in [1.54, 1.807) is 13.1 Å². The summed E-state index contributed by atoms with van der Waals surface area (Å²) in [5.74, 6) is 1.02. The summed E-state index contributed by atoms with van der Waals surface area (Å²) in [5.41, 5.74) is 3.29. The predicted octanol–water partition coefficient (Wildman–Crippen LogP) is 3.44. The fourth-order valence-electron chi connectivity index (χ4n) is 4.04. The highest BCUT2D eigenvalue weighted by atomic mass is 16.2. The summed E-state index contributed by atoms with van der Waals surface area (Å²) in [7, 11) is 0. The smallest absolute Gasteiger partial charge is 0.321 e. The number of carbonyl (C=O) groups excluding carboxylic acids is 2. The molecule has 1 aromatic heterocycles. The van der Waals surface area contributed by atoms with Crippen molar-refractivity contribution in [1.29, 1.82) is 0 Å². The largest absolute Gasteiger partial charge is 0.343 e. The van der Waals surface area contributed by atoms with Gasteiger partial charge in [-0.15, -0.1) is 0 Å². The molecule has 2 aliphatic rings. The Morgan fingerprint density at radius 1 is 0.964 bits per heavy atom. The van der Waals surface area contributed by atoms with Gasteiger partial charge in [-0.2, -0.15) is 0 Å². The number of benzene rings is 1. The number of pyridine rings is 1. The van der Waals surface area contributed by atoms with Crippen molar-refractivity contribution >= 4 is 17.6 Å². The minimum absolute atomic E-state index is 0.0531. The van der Waals surface area contributed by atoms with Gasteiger partial charge in [-0.3, -0.25) is 9.78 Å². The van der Waals surface area contributed by atoms with Crippen LogP contribution in [0.3, 0.4) is 0 Å². The van der Waals surface area contributed by atoms with Crippen LogP contribution in [0, 0.1) is 0 Å². The molecule has 0 radical (unpaired) electrons. The average Bonchev–Trinajstić information content (AvgIpc) is 2.68. The van der Waals surface area contributed by atoms with E-state index in [2.05, 4.69) is 28.5 Å². The SMILES string of the molecule is CC(=O)N1CCC(c2ccc(NC(=O)N3CC(c4cccnc4)C3)cc2)CC1. The fraction of sp³-hybridized carbons (Fsp3) is 0.409. The van der Waals surface area contributed by atoms with E-state index in [1.165, 1.54) is 11.1 Å². The lowest BCUT2D eigenvalue weighted by Gasteiger charge is -2.39. The summed E-state index contributed by atoms with van der Waals surface area (Å²) in [5, 5.41) is 2.99. The Morgan fingerprint density at radius 2 is 1.68 bits per heavy atom. The zero-order valence-electron chi connectivity index (χ0n) is 16.2. The molecule has 3 amide bonds. The number of nitrogens with zero attached hydrogens (tertiary/aromatic N) is 3. The third-order valence-corrected chi connectivity index (χ3v) is 5.90. The van der Waals surface area contributed by atoms with E-state index in [4.69, 9.17) is 0 Å². The Bertz CT molecular complexity index is 823. The van der Waals surface area contributed by atoms with Crippen molar-refractivity contribution in [2.45, 2.75) is 31.6 Å². The standard InChI is InChI=1S/C22H26N4O2/c1-16(27)25-11-8-18(9-12-25)17-4-6-21(7-5-17)24-22(28)26-14-20(15-26)19-3-2-10-23-13-19/h2-7,10,13,18,20H,8-9,11-12,14-15H2,1H3,(H,24,28). The Labute approximate surface area is 165 Å². The molecule has 1 N–H and O–H groups in total. The van der Waals surface area contributed by atoms with E-state index >= 15 is 0 Å². The van der Waals surface area contributed by atoms with Gasteiger partial charge in [0.25, 0.3) is 0 Å². The zero-order valence-corrected chi connectivity index (χ0v) is 16.2. The highest BCUT2D eigenvalue weighted by Gasteiger charge is 2.31. The number of hydrogen-bond donors (Lipinski definition) is 1. The molecule has 2 aromatic rings. The predicted molar refractivity (Wildman–Crippen MR) is 108 cm³/mol. The highest BCUT2D eigenvalue weighted by Crippen LogP contribution is 2.30. The zero-order chi connectivity index (χ0) is 19.5. The number of rotatable bonds is 3. The Morgan fingerprint density at radius 3 is 2.29 bits per heavy atom. The number of hydrogen-bond acceptors (Lipinski definition) is 3. The van der Waals surface area contributed by atoms with Crippen LogP contribution in [0.4, 0.5) is 10.5 Å². The number of amides is 3. The first-order chi connectivity index (χ1) is 13.6. The number of likely N-dealkylation sites (tertiary alicyclic amines) is 2. The molecule has 4 rings (SSSR count). The average molecular weight is 378 g/mol. The molecule has 0 atom stereocenters. The molecular formula is C22H26N4O2. The summed E-state index contributed by atoms with van der Waals surface area (Å²) in [6.45, 7) is 4.74. The van der Waals surface area contributed by atoms with Crippen LogP contribution in [0.15, 0.2) is 48.8 Å². The van der Waals surface area contributed by atoms with E-state index in [0.29, 0.717) is 11.8 Å². The molecule has 28 heavy (non-hydrogen) atoms. The van der Waals surface area contributed by atoms with Crippen LogP contribution in [0.5, 0.6) is 0 Å². The van der Waals surface area contributed by atoms with Gasteiger partial charge in [0.2, 0.25) is 5.91 Å². The van der Waals surface area contributed by atoms with Crippen molar-refractivity contribution in [3.05, 3.63) is 59.9 Å². The molecule has 2 aliphatic heterocycles. The first-order valence-electron chi connectivity index (χ1n) is 9.91. The van der Waals surface area contributed by atoms with Gasteiger partial charge in [-0.05, 0) is 48.1 Å². The van der Waals surface area contributed by atoms with Crippen molar-refractivity contribution < 1.29 is 9.59 Å². The quantitative estimate of drug-likeness (QED) is 0.890. The minimum atomic E-state index is -0.0531. The number of carbonyl (C=O) groups is 2. The lowest BCUT2D eigenvalue weighted by atomic mass is 9.89. The normalized spacial score (nSPS) is 17.9. The monoisotopic (exact) mass is 378 g/mol. The molecule has 0 bridgehead atoms. The van der Waals surface area contributed by atoms with Crippen LogP contribution < -0.4 is 5.32 Å². The van der Waals surface area contributed by atoms with Gasteiger partial charge in [-0.1, -0.05) is 18.2 Å². The Hall–Kier alpha value is -2.89. The van der Waals surface area contributed by atoms with Gasteiger partial charge in [0, 0.05) is 57.1 Å². The van der Waals surface area contributed by atoms with Gasteiger partial charge in [0.15, 0.2) is 0 Å². The Balaban J connectivity index is 1.27. The molecule has 6 heteroatoms. The molecule has 0 saturated carbocycles. The third kappa shape index (κ3) is 4.01. The van der Waals surface area contributed by atoms with Gasteiger partial charge < -0.3 is 15.1 Å². The van der Waals surface area contributed by atoms with Gasteiger partial charge in [-0.25, -0.2) is 4.79 Å². The summed E-state index contributed by atoms with van der Waals surface area (Å²) in [6, 6.07) is 12.1. The molecule has 2 saturated heterocycles. The maximum absolute atomic E-state index is 12.4. The minimum Gasteiger partial charge on any atom is -0.343 e. The molecule has 2 fully saturated rings. The summed E-state index contributed by atoms with van der Waals surface area (Å²) in [6.07, 6.45) is 5.63. The van der Waals surface area contributed by atoms with Crippen molar-refractivity contribution in [3.8, 4) is 0 Å². The van der Waals surface area contributed by atoms with Crippen LogP contribution in [-0.4, -0.2) is 52.9 Å². The molecule has 0 unspecified atom stereocenters. The maximum Gasteiger partial charge on any atom is 0.321 e. The van der Waals surface area contributed by atoms with Crippen LogP contribution >= 0.6 is 0 Å². The van der Waals surface area contributed by atoms with Crippen LogP contribution in [0.25, 0.3) is 0 Å². The highest BCUT2D eigenvalue weighted by molar-refractivity contribution is 5.90. The molecular weight excluding hydrogens is 352 g/mol. The van der Waals surface area contributed by atoms with E-state index in [9.17, 15) is 9.59 Å². The van der Waals surface area contributed by atoms with Crippen LogP contribution in [-0.2, 0) is 4.79 Å². The second kappa shape index (κ2) is 8.00. The lowest BCUT2D eigenvalue weighted by Crippen LogP contribution is -2.50. The van der Waals surface area contributed by atoms with E-state index in [0.717, 1.165) is 44.7 Å². The Kier molecular flexibility index (Phi) is 5.28. The molecule has 0 spiro atoms. The lowest BCUT2D eigenvalue weighted by molar-refractivity contribution is -0.129. The summed E-state index contributed by atoms with van der Waals surface area (Å²) >= 11 is 0. The van der Waals surface area contributed by atoms with Crippen molar-refractivity contribution in [1.82, 2.24) is 14.8 Å². The molecule has 6 nitrogen and oxygen atoms in total. The number of urea groups is 1. The number of nitrogens with one attached hydrogen (secondary N) is 1. The number of piperidine rings is 1. The second-order valence-electron chi connectivity index (χ2n) is 7.72. The first kappa shape index (κ1) is 18.5. The maximum atomic E-state index is 12.4. The summed E-state index contributed by atoms with van der Waals surface area (Å²) < 4.78 is 0. The molecule has 146 valence electrons. The van der Waals surface area contributed by atoms with Gasteiger partial charge in [0.05, 0.1) is 0 Å². The van der Waals surface area contributed by atoms with Crippen molar-refractivity contribution in [2.75, 3.05) is 31.5 Å². The molecule has 0 aliphatic carbocycles. The number of aromatic nitrogens is 1. The van der Waals surface area contributed by atoms with Crippen molar-refractivity contribution in [3.63, 3.8) is 0 Å². The second-order valence-corrected chi connectivity index (χ2v) is 7.72. The van der Waals surface area contributed by atoms with Crippen LogP contribution in [0.1, 0.15) is 42.7 Å². The third-order valence-electron chi connectivity index (χ3n) is 5.90. The van der Waals surface area contributed by atoms with Gasteiger partial charge in [0.1, 0.15) is 0 Å². The van der Waals surface area contributed by atoms with Crippen LogP contribution in [0.2, 0.25) is 0 Å². The van der Waals surface area contributed by atoms with Crippen molar-refractivity contribution in [2.24, 2.45) is 0 Å². The van der Waals surface area contributed by atoms with E-state index < -0.39 is 0 Å². The topological polar surface area (TPSA) is 65.5 Å². The number of anilines is 1. The molecule has 1 aromatic carbocycles.